The topological polar surface area (TPSA) is 104 Å². The third kappa shape index (κ3) is 7.76. The number of aliphatic carboxylic acids is 2. The van der Waals surface area contributed by atoms with Gasteiger partial charge in [-0.3, -0.25) is 9.59 Å². The van der Waals surface area contributed by atoms with Crippen molar-refractivity contribution in [2.45, 2.75) is 18.9 Å². The van der Waals surface area contributed by atoms with Crippen LogP contribution in [0.1, 0.15) is 14.3 Å². The van der Waals surface area contributed by atoms with E-state index in [0.717, 1.165) is 0 Å². The fraction of sp³-hybridized carbons (Fsp3) is 0.500. The Labute approximate surface area is 98.1 Å². The first-order valence-electron chi connectivity index (χ1n) is 3.22. The molecule has 0 aliphatic rings. The molecule has 0 aromatic carbocycles. The Kier molecular flexibility index (Phi) is 9.21. The number of rotatable bonds is 6. The minimum Gasteiger partial charge on any atom is -1.00 e. The van der Waals surface area contributed by atoms with Gasteiger partial charge in [-0.1, -0.05) is 0 Å². The van der Waals surface area contributed by atoms with Gasteiger partial charge in [-0.2, -0.15) is 0 Å². The summed E-state index contributed by atoms with van der Waals surface area (Å²) >= 11 is 0. The molecule has 0 aliphatic carbocycles. The average molecular weight is 199 g/mol. The smallest absolute Gasteiger partial charge is 1.00 e. The van der Waals surface area contributed by atoms with Gasteiger partial charge in [-0.15, -0.1) is 0 Å². The van der Waals surface area contributed by atoms with Crippen molar-refractivity contribution in [2.75, 3.05) is 0 Å². The first kappa shape index (κ1) is 14.9. The second-order valence-corrected chi connectivity index (χ2v) is 2.11. The summed E-state index contributed by atoms with van der Waals surface area (Å²) in [5.74, 6) is -2.32. The van der Waals surface area contributed by atoms with Gasteiger partial charge < -0.3 is 17.0 Å². The fourth-order valence-electron chi connectivity index (χ4n) is 0.628. The Morgan fingerprint density at radius 2 is 2.00 bits per heavy atom. The standard InChI is InChI=1S/C6H9NO5.Na.H/c8-3-7-4(6(11)12)1-2-5(9)10;;/h3-4H,1-2H2,(H,7,8)(H,9,10)(H,11,12);;/q;+1;-1/t4-;;/m0../s1. The van der Waals surface area contributed by atoms with Gasteiger partial charge in [-0.05, 0) is 6.42 Å². The van der Waals surface area contributed by atoms with Crippen LogP contribution in [0.15, 0.2) is 0 Å². The van der Waals surface area contributed by atoms with Gasteiger partial charge >= 0.3 is 41.5 Å². The molecular formula is C6H10NNaO5. The Bertz CT molecular complexity index is 201. The van der Waals surface area contributed by atoms with Crippen LogP contribution in [-0.2, 0) is 14.4 Å². The minimum absolute atomic E-state index is 0. The Morgan fingerprint density at radius 3 is 2.31 bits per heavy atom. The van der Waals surface area contributed by atoms with E-state index in [9.17, 15) is 14.4 Å². The van der Waals surface area contributed by atoms with Gasteiger partial charge in [0.1, 0.15) is 6.04 Å². The van der Waals surface area contributed by atoms with E-state index < -0.39 is 18.0 Å². The van der Waals surface area contributed by atoms with Crippen molar-refractivity contribution in [1.82, 2.24) is 5.32 Å². The fourth-order valence-corrected chi connectivity index (χ4v) is 0.628. The first-order chi connectivity index (χ1) is 5.57. The predicted molar refractivity (Wildman–Crippen MR) is 38.6 cm³/mol. The molecule has 70 valence electrons. The number of carbonyl (C=O) groups excluding carboxylic acids is 1. The molecule has 0 unspecified atom stereocenters. The van der Waals surface area contributed by atoms with Crippen molar-refractivity contribution in [3.63, 3.8) is 0 Å². The molecule has 1 amide bonds. The number of carboxylic acid groups (broad SMARTS) is 2. The van der Waals surface area contributed by atoms with Crippen molar-refractivity contribution in [1.29, 1.82) is 0 Å². The van der Waals surface area contributed by atoms with Crippen molar-refractivity contribution in [3.8, 4) is 0 Å². The SMILES string of the molecule is O=CN[C@@H](CCC(=O)O)C(=O)O.[H-].[Na+]. The van der Waals surface area contributed by atoms with Crippen molar-refractivity contribution in [2.24, 2.45) is 0 Å². The van der Waals surface area contributed by atoms with Gasteiger partial charge in [0.05, 0.1) is 0 Å². The van der Waals surface area contributed by atoms with E-state index in [1.54, 1.807) is 0 Å². The summed E-state index contributed by atoms with van der Waals surface area (Å²) in [7, 11) is 0. The van der Waals surface area contributed by atoms with Crippen LogP contribution < -0.4 is 34.9 Å². The summed E-state index contributed by atoms with van der Waals surface area (Å²) in [6.07, 6.45) is -0.151. The molecular weight excluding hydrogens is 189 g/mol. The monoisotopic (exact) mass is 199 g/mol. The van der Waals surface area contributed by atoms with E-state index in [1.807, 2.05) is 5.32 Å². The number of carboxylic acids is 2. The second kappa shape index (κ2) is 8.03. The predicted octanol–water partition coefficient (Wildman–Crippen LogP) is -3.83. The summed E-state index contributed by atoms with van der Waals surface area (Å²) in [6.45, 7) is 0. The average Bonchev–Trinajstić information content (AvgIpc) is 1.96. The zero-order valence-corrected chi connectivity index (χ0v) is 9.19. The van der Waals surface area contributed by atoms with Crippen LogP contribution in [0.3, 0.4) is 0 Å². The zero-order valence-electron chi connectivity index (χ0n) is 8.19. The molecule has 0 rings (SSSR count). The summed E-state index contributed by atoms with van der Waals surface area (Å²) in [4.78, 5) is 30.2. The van der Waals surface area contributed by atoms with Crippen LogP contribution in [0, 0.1) is 0 Å². The first-order valence-corrected chi connectivity index (χ1v) is 3.22. The molecule has 0 saturated carbocycles. The normalized spacial score (nSPS) is 10.8. The van der Waals surface area contributed by atoms with Crippen LogP contribution in [0.2, 0.25) is 0 Å². The van der Waals surface area contributed by atoms with Gasteiger partial charge in [0.25, 0.3) is 0 Å². The molecule has 7 heteroatoms. The van der Waals surface area contributed by atoms with E-state index in [2.05, 4.69) is 0 Å². The number of amides is 1. The number of hydrogen-bond donors (Lipinski definition) is 3. The van der Waals surface area contributed by atoms with Gasteiger partial charge in [0.15, 0.2) is 0 Å². The molecule has 0 aromatic heterocycles. The molecule has 0 bridgehead atoms. The third-order valence-electron chi connectivity index (χ3n) is 1.21. The van der Waals surface area contributed by atoms with Crippen molar-refractivity contribution >= 4 is 18.3 Å². The van der Waals surface area contributed by atoms with Crippen molar-refractivity contribution < 1.29 is 55.6 Å². The van der Waals surface area contributed by atoms with Crippen LogP contribution in [-0.4, -0.2) is 34.6 Å². The van der Waals surface area contributed by atoms with Crippen LogP contribution >= 0.6 is 0 Å². The van der Waals surface area contributed by atoms with E-state index in [1.165, 1.54) is 0 Å². The van der Waals surface area contributed by atoms with Crippen LogP contribution in [0.4, 0.5) is 0 Å². The Hall–Kier alpha value is -0.590. The molecule has 1 atom stereocenters. The number of hydrogen-bond acceptors (Lipinski definition) is 3. The molecule has 0 heterocycles. The molecule has 0 radical (unpaired) electrons. The van der Waals surface area contributed by atoms with Crippen LogP contribution in [0.25, 0.3) is 0 Å². The maximum absolute atomic E-state index is 10.3. The largest absolute Gasteiger partial charge is 1.00 e. The Balaban J connectivity index is -0.000000605. The van der Waals surface area contributed by atoms with E-state index in [4.69, 9.17) is 10.2 Å². The molecule has 0 saturated heterocycles. The van der Waals surface area contributed by atoms with E-state index >= 15 is 0 Å². The molecule has 0 fully saturated rings. The quantitative estimate of drug-likeness (QED) is 0.300. The zero-order chi connectivity index (χ0) is 9.56. The van der Waals surface area contributed by atoms with E-state index in [-0.39, 0.29) is 50.2 Å². The molecule has 0 aliphatic heterocycles. The minimum atomic E-state index is -1.23. The van der Waals surface area contributed by atoms with Crippen molar-refractivity contribution in [3.05, 3.63) is 0 Å². The van der Waals surface area contributed by atoms with Crippen LogP contribution in [0.5, 0.6) is 0 Å². The summed E-state index contributed by atoms with van der Waals surface area (Å²) in [5, 5.41) is 18.6. The maximum Gasteiger partial charge on any atom is 1.00 e. The van der Waals surface area contributed by atoms with Gasteiger partial charge in [0, 0.05) is 6.42 Å². The van der Waals surface area contributed by atoms with Gasteiger partial charge in [-0.25, -0.2) is 4.79 Å². The summed E-state index contributed by atoms with van der Waals surface area (Å²) < 4.78 is 0. The number of carbonyl (C=O) groups is 3. The second-order valence-electron chi connectivity index (χ2n) is 2.11. The molecule has 13 heavy (non-hydrogen) atoms. The number of nitrogens with one attached hydrogen (secondary N) is 1. The molecule has 6 nitrogen and oxygen atoms in total. The molecule has 0 aromatic rings. The third-order valence-corrected chi connectivity index (χ3v) is 1.21. The maximum atomic E-state index is 10.3. The molecule has 0 spiro atoms. The Morgan fingerprint density at radius 1 is 1.46 bits per heavy atom. The summed E-state index contributed by atoms with van der Waals surface area (Å²) in [6, 6.07) is -1.11. The van der Waals surface area contributed by atoms with Gasteiger partial charge in [0.2, 0.25) is 6.41 Å². The molecule has 3 N–H and O–H groups in total. The van der Waals surface area contributed by atoms with E-state index in [0.29, 0.717) is 0 Å². The summed E-state index contributed by atoms with van der Waals surface area (Å²) in [5.41, 5.74) is 0.